The number of carbonyl (C=O) groups excluding carboxylic acids is 1. The summed E-state index contributed by atoms with van der Waals surface area (Å²) >= 11 is 0. The van der Waals surface area contributed by atoms with E-state index in [0.717, 1.165) is 10.9 Å². The highest BCUT2D eigenvalue weighted by molar-refractivity contribution is 5.90. The van der Waals surface area contributed by atoms with Crippen LogP contribution in [-0.4, -0.2) is 16.1 Å². The van der Waals surface area contributed by atoms with Gasteiger partial charge in [0.25, 0.3) is 18.1 Å². The Morgan fingerprint density at radius 2 is 2.30 bits per heavy atom. The average Bonchev–Trinajstić information content (AvgIpc) is 2.77. The summed E-state index contributed by atoms with van der Waals surface area (Å²) in [6.07, 6.45) is 1.03. The van der Waals surface area contributed by atoms with Gasteiger partial charge >= 0.3 is 0 Å². The van der Waals surface area contributed by atoms with Crippen LogP contribution < -0.4 is 15.1 Å². The molecule has 9 nitrogen and oxygen atoms in total. The van der Waals surface area contributed by atoms with Gasteiger partial charge in [-0.05, 0) is 12.5 Å². The van der Waals surface area contributed by atoms with E-state index in [0.29, 0.717) is 11.3 Å². The molecule has 0 saturated heterocycles. The molecule has 2 rings (SSSR count). The maximum Gasteiger partial charge on any atom is 0.292 e. The fraction of sp³-hybridized carbons (Fsp3) is 0.182. The summed E-state index contributed by atoms with van der Waals surface area (Å²) < 4.78 is 5.31. The van der Waals surface area contributed by atoms with E-state index >= 15 is 0 Å². The zero-order chi connectivity index (χ0) is 14.7. The van der Waals surface area contributed by atoms with Gasteiger partial charge in [0.15, 0.2) is 0 Å². The third-order valence-corrected chi connectivity index (χ3v) is 2.50. The normalized spacial score (nSPS) is 10.2. The zero-order valence-corrected chi connectivity index (χ0v) is 10.4. The highest BCUT2D eigenvalue weighted by Gasteiger charge is 2.15. The van der Waals surface area contributed by atoms with Crippen molar-refractivity contribution in [2.24, 2.45) is 0 Å². The molecule has 0 fully saturated rings. The number of hydrogen-bond donors (Lipinski definition) is 1. The first-order valence-electron chi connectivity index (χ1n) is 5.54. The van der Waals surface area contributed by atoms with E-state index in [4.69, 9.17) is 0 Å². The van der Waals surface area contributed by atoms with Crippen LogP contribution in [0.25, 0.3) is 0 Å². The molecule has 0 spiro atoms. The van der Waals surface area contributed by atoms with Gasteiger partial charge in [0.2, 0.25) is 6.20 Å². The minimum Gasteiger partial charge on any atom is -0.539 e. The number of anilines is 1. The molecular formula is C11H10N4O5. The summed E-state index contributed by atoms with van der Waals surface area (Å²) in [6.45, 7) is 1.48. The monoisotopic (exact) mass is 278 g/mol. The number of hydrogen-bond acceptors (Lipinski definition) is 6. The Kier molecular flexibility index (Phi) is 3.60. The molecule has 0 aliphatic rings. The highest BCUT2D eigenvalue weighted by Crippen LogP contribution is 2.21. The Bertz CT molecular complexity index is 667. The molecule has 9 heteroatoms. The SMILES string of the molecule is Cc1ccc([N+](=O)[O-])cc1NC(=O)C[n+]1cc([O-])on1. The van der Waals surface area contributed by atoms with Gasteiger partial charge < -0.3 is 14.9 Å². The van der Waals surface area contributed by atoms with Crippen molar-refractivity contribution < 1.29 is 24.0 Å². The van der Waals surface area contributed by atoms with Crippen LogP contribution in [0.2, 0.25) is 0 Å². The molecule has 1 amide bonds. The second-order valence-corrected chi connectivity index (χ2v) is 4.02. The summed E-state index contributed by atoms with van der Waals surface area (Å²) in [4.78, 5) is 21.9. The van der Waals surface area contributed by atoms with Gasteiger partial charge in [0.05, 0.1) is 15.9 Å². The summed E-state index contributed by atoms with van der Waals surface area (Å²) in [7, 11) is 0. The molecule has 20 heavy (non-hydrogen) atoms. The van der Waals surface area contributed by atoms with Crippen molar-refractivity contribution in [2.75, 3.05) is 5.32 Å². The minimum absolute atomic E-state index is 0.123. The van der Waals surface area contributed by atoms with Crippen LogP contribution in [0, 0.1) is 17.0 Å². The second kappa shape index (κ2) is 5.34. The van der Waals surface area contributed by atoms with Crippen LogP contribution in [0.4, 0.5) is 11.4 Å². The van der Waals surface area contributed by atoms with Crippen LogP contribution in [0.5, 0.6) is 5.95 Å². The Hall–Kier alpha value is -2.97. The van der Waals surface area contributed by atoms with Gasteiger partial charge in [-0.15, -0.1) is 0 Å². The number of benzene rings is 1. The molecule has 1 N–H and O–H groups in total. The van der Waals surface area contributed by atoms with E-state index in [-0.39, 0.29) is 12.2 Å². The molecular weight excluding hydrogens is 268 g/mol. The van der Waals surface area contributed by atoms with Gasteiger partial charge in [-0.25, -0.2) is 0 Å². The first kappa shape index (κ1) is 13.5. The topological polar surface area (TPSA) is 125 Å². The summed E-state index contributed by atoms with van der Waals surface area (Å²) in [6, 6.07) is 4.15. The van der Waals surface area contributed by atoms with E-state index in [2.05, 4.69) is 15.1 Å². The van der Waals surface area contributed by atoms with Crippen LogP contribution in [0.1, 0.15) is 5.56 Å². The van der Waals surface area contributed by atoms with Crippen molar-refractivity contribution in [2.45, 2.75) is 13.5 Å². The molecule has 0 saturated carbocycles. The first-order chi connectivity index (χ1) is 9.45. The number of nitro benzene ring substituents is 1. The fourth-order valence-electron chi connectivity index (χ4n) is 1.53. The van der Waals surface area contributed by atoms with Crippen molar-refractivity contribution in [3.63, 3.8) is 0 Å². The smallest absolute Gasteiger partial charge is 0.292 e. The summed E-state index contributed by atoms with van der Waals surface area (Å²) in [5, 5.41) is 27.3. The third kappa shape index (κ3) is 3.07. The van der Waals surface area contributed by atoms with E-state index in [1.807, 2.05) is 0 Å². The van der Waals surface area contributed by atoms with E-state index in [9.17, 15) is 20.0 Å². The molecule has 0 unspecified atom stereocenters. The number of rotatable bonds is 4. The Morgan fingerprint density at radius 1 is 1.55 bits per heavy atom. The maximum atomic E-state index is 11.7. The number of aromatic nitrogens is 2. The number of amides is 1. The molecule has 2 aromatic rings. The molecule has 104 valence electrons. The number of non-ortho nitro benzene ring substituents is 1. The summed E-state index contributed by atoms with van der Waals surface area (Å²) in [5.74, 6) is -1.14. The zero-order valence-electron chi connectivity index (χ0n) is 10.4. The van der Waals surface area contributed by atoms with Crippen LogP contribution in [-0.2, 0) is 11.3 Å². The second-order valence-electron chi connectivity index (χ2n) is 4.02. The van der Waals surface area contributed by atoms with Gasteiger partial charge in [-0.3, -0.25) is 14.9 Å². The predicted molar refractivity (Wildman–Crippen MR) is 62.6 cm³/mol. The predicted octanol–water partition coefficient (Wildman–Crippen LogP) is -0.109. The molecule has 1 heterocycles. The quantitative estimate of drug-likeness (QED) is 0.472. The van der Waals surface area contributed by atoms with Gasteiger partial charge in [0.1, 0.15) is 5.95 Å². The van der Waals surface area contributed by atoms with Crippen molar-refractivity contribution >= 4 is 17.3 Å². The number of nitrogens with one attached hydrogen (secondary N) is 1. The van der Waals surface area contributed by atoms with Crippen molar-refractivity contribution in [3.8, 4) is 5.95 Å². The molecule has 0 radical (unpaired) electrons. The number of aryl methyl sites for hydroxylation is 1. The lowest BCUT2D eigenvalue weighted by atomic mass is 10.2. The van der Waals surface area contributed by atoms with E-state index < -0.39 is 16.8 Å². The molecule has 1 aromatic carbocycles. The summed E-state index contributed by atoms with van der Waals surface area (Å²) in [5.41, 5.74) is 0.885. The maximum absolute atomic E-state index is 11.7. The molecule has 1 aromatic heterocycles. The first-order valence-corrected chi connectivity index (χ1v) is 5.54. The lowest BCUT2D eigenvalue weighted by Crippen LogP contribution is -2.41. The minimum atomic E-state index is -0.663. The Morgan fingerprint density at radius 3 is 2.90 bits per heavy atom. The lowest BCUT2D eigenvalue weighted by molar-refractivity contribution is -0.750. The molecule has 0 atom stereocenters. The van der Waals surface area contributed by atoms with Crippen molar-refractivity contribution in [1.82, 2.24) is 5.27 Å². The number of carbonyl (C=O) groups is 1. The van der Waals surface area contributed by atoms with Gasteiger partial charge in [0, 0.05) is 12.1 Å². The van der Waals surface area contributed by atoms with E-state index in [1.165, 1.54) is 18.2 Å². The van der Waals surface area contributed by atoms with Crippen molar-refractivity contribution in [3.05, 3.63) is 40.1 Å². The van der Waals surface area contributed by atoms with Crippen LogP contribution >= 0.6 is 0 Å². The molecule has 0 bridgehead atoms. The van der Waals surface area contributed by atoms with Crippen LogP contribution in [0.15, 0.2) is 28.9 Å². The largest absolute Gasteiger partial charge is 0.539 e. The Labute approximate surface area is 112 Å². The molecule has 0 aliphatic carbocycles. The van der Waals surface area contributed by atoms with Gasteiger partial charge in [-0.1, -0.05) is 10.7 Å². The number of nitrogens with zero attached hydrogens (tertiary/aromatic N) is 3. The standard InChI is InChI=1S/C11H10N4O5/c1-7-2-3-8(15(18)19)4-9(7)12-10(16)5-14-6-11(17)20-13-14/h2-4,6H,5H2,1H3,(H-,12,13,16,17). The number of nitro groups is 1. The van der Waals surface area contributed by atoms with Crippen LogP contribution in [0.3, 0.4) is 0 Å². The van der Waals surface area contributed by atoms with Crippen molar-refractivity contribution in [1.29, 1.82) is 0 Å². The third-order valence-electron chi connectivity index (χ3n) is 2.50. The van der Waals surface area contributed by atoms with Gasteiger partial charge in [-0.2, -0.15) is 0 Å². The van der Waals surface area contributed by atoms with E-state index in [1.54, 1.807) is 6.92 Å². The molecule has 0 aliphatic heterocycles. The average molecular weight is 278 g/mol. The lowest BCUT2D eigenvalue weighted by Gasteiger charge is -2.05. The fourth-order valence-corrected chi connectivity index (χ4v) is 1.53. The Balaban J connectivity index is 2.11. The highest BCUT2D eigenvalue weighted by atomic mass is 16.6.